The van der Waals surface area contributed by atoms with E-state index in [9.17, 15) is 9.90 Å². The van der Waals surface area contributed by atoms with E-state index in [0.29, 0.717) is 13.0 Å². The molecule has 1 unspecified atom stereocenters. The van der Waals surface area contributed by atoms with E-state index in [0.717, 1.165) is 12.8 Å². The van der Waals surface area contributed by atoms with Crippen LogP contribution in [-0.2, 0) is 4.79 Å². The van der Waals surface area contributed by atoms with Gasteiger partial charge >= 0.3 is 0 Å². The third-order valence-electron chi connectivity index (χ3n) is 2.69. The number of carbonyl (C=O) groups is 1. The first kappa shape index (κ1) is 14.4. The maximum absolute atomic E-state index is 11.5. The second kappa shape index (κ2) is 7.65. The Hall–Kier alpha value is -0.610. The Kier molecular flexibility index (Phi) is 7.34. The fourth-order valence-electron chi connectivity index (χ4n) is 1.28. The summed E-state index contributed by atoms with van der Waals surface area (Å²) in [7, 11) is 0. The highest BCUT2D eigenvalue weighted by Gasteiger charge is 2.19. The molecule has 0 saturated carbocycles. The van der Waals surface area contributed by atoms with Gasteiger partial charge in [0.1, 0.15) is 0 Å². The van der Waals surface area contributed by atoms with E-state index in [-0.39, 0.29) is 11.8 Å². The summed E-state index contributed by atoms with van der Waals surface area (Å²) < 4.78 is 0. The summed E-state index contributed by atoms with van der Waals surface area (Å²) in [6, 6.07) is -0.469. The predicted octanol–water partition coefficient (Wildman–Crippen LogP) is 0.637. The summed E-state index contributed by atoms with van der Waals surface area (Å²) in [6.45, 7) is 6.25. The van der Waals surface area contributed by atoms with Gasteiger partial charge in [0.05, 0.1) is 12.1 Å². The molecule has 90 valence electrons. The molecule has 1 amide bonds. The van der Waals surface area contributed by atoms with Gasteiger partial charge in [-0.3, -0.25) is 4.79 Å². The molecule has 0 aromatic rings. The topological polar surface area (TPSA) is 75.3 Å². The SMILES string of the molecule is CCCC(O)CNC(=O)[C@@H](N)[C@@H](C)CC. The van der Waals surface area contributed by atoms with Crippen LogP contribution in [0.1, 0.15) is 40.0 Å². The summed E-state index contributed by atoms with van der Waals surface area (Å²) in [5.74, 6) is 0.00724. The first-order chi connectivity index (χ1) is 7.02. The average molecular weight is 216 g/mol. The molecule has 0 spiro atoms. The molecule has 0 aliphatic heterocycles. The Labute approximate surface area is 92.2 Å². The minimum Gasteiger partial charge on any atom is -0.391 e. The molecule has 0 fully saturated rings. The monoisotopic (exact) mass is 216 g/mol. The van der Waals surface area contributed by atoms with Crippen molar-refractivity contribution >= 4 is 5.91 Å². The second-order valence-corrected chi connectivity index (χ2v) is 4.10. The van der Waals surface area contributed by atoms with Crippen LogP contribution in [0.2, 0.25) is 0 Å². The maximum Gasteiger partial charge on any atom is 0.237 e. The first-order valence-electron chi connectivity index (χ1n) is 5.74. The summed E-state index contributed by atoms with van der Waals surface area (Å²) >= 11 is 0. The zero-order valence-corrected chi connectivity index (χ0v) is 9.99. The highest BCUT2D eigenvalue weighted by molar-refractivity contribution is 5.81. The van der Waals surface area contributed by atoms with Gasteiger partial charge in [0.2, 0.25) is 5.91 Å². The van der Waals surface area contributed by atoms with Crippen LogP contribution in [0.25, 0.3) is 0 Å². The molecule has 0 aliphatic carbocycles. The van der Waals surface area contributed by atoms with Gasteiger partial charge in [-0.05, 0) is 12.3 Å². The lowest BCUT2D eigenvalue weighted by molar-refractivity contribution is -0.123. The summed E-state index contributed by atoms with van der Waals surface area (Å²) in [5, 5.41) is 12.1. The van der Waals surface area contributed by atoms with Gasteiger partial charge in [-0.1, -0.05) is 33.6 Å². The quantitative estimate of drug-likeness (QED) is 0.584. The standard InChI is InChI=1S/C11H24N2O2/c1-4-6-9(14)7-13-11(15)10(12)8(3)5-2/h8-10,14H,4-7,12H2,1-3H3,(H,13,15)/t8-,9?,10-/m0/s1. The van der Waals surface area contributed by atoms with Gasteiger partial charge in [0, 0.05) is 6.54 Å². The Balaban J connectivity index is 3.82. The summed E-state index contributed by atoms with van der Waals surface area (Å²) in [5.41, 5.74) is 5.74. The van der Waals surface area contributed by atoms with Crippen molar-refractivity contribution in [2.75, 3.05) is 6.54 Å². The van der Waals surface area contributed by atoms with Gasteiger partial charge in [-0.2, -0.15) is 0 Å². The van der Waals surface area contributed by atoms with Crippen molar-refractivity contribution in [3.05, 3.63) is 0 Å². The lowest BCUT2D eigenvalue weighted by Crippen LogP contribution is -2.46. The Morgan fingerprint density at radius 2 is 2.07 bits per heavy atom. The Bertz CT molecular complexity index is 185. The molecule has 0 aromatic heterocycles. The van der Waals surface area contributed by atoms with Gasteiger partial charge in [0.15, 0.2) is 0 Å². The van der Waals surface area contributed by atoms with Crippen LogP contribution >= 0.6 is 0 Å². The minimum atomic E-state index is -0.469. The smallest absolute Gasteiger partial charge is 0.237 e. The van der Waals surface area contributed by atoms with Crippen molar-refractivity contribution < 1.29 is 9.90 Å². The third kappa shape index (κ3) is 5.74. The molecular weight excluding hydrogens is 192 g/mol. The average Bonchev–Trinajstić information content (AvgIpc) is 2.24. The summed E-state index contributed by atoms with van der Waals surface area (Å²) in [6.07, 6.45) is 2.04. The van der Waals surface area contributed by atoms with Crippen molar-refractivity contribution in [3.63, 3.8) is 0 Å². The Morgan fingerprint density at radius 3 is 2.53 bits per heavy atom. The summed E-state index contributed by atoms with van der Waals surface area (Å²) in [4.78, 5) is 11.5. The second-order valence-electron chi connectivity index (χ2n) is 4.10. The molecule has 4 N–H and O–H groups in total. The molecule has 0 bridgehead atoms. The molecule has 4 nitrogen and oxygen atoms in total. The molecule has 0 rings (SSSR count). The fraction of sp³-hybridized carbons (Fsp3) is 0.909. The number of aliphatic hydroxyl groups is 1. The number of hydrogen-bond donors (Lipinski definition) is 3. The van der Waals surface area contributed by atoms with Gasteiger partial charge in [-0.25, -0.2) is 0 Å². The van der Waals surface area contributed by atoms with Crippen molar-refractivity contribution in [3.8, 4) is 0 Å². The largest absolute Gasteiger partial charge is 0.391 e. The lowest BCUT2D eigenvalue weighted by atomic mass is 9.99. The van der Waals surface area contributed by atoms with Crippen molar-refractivity contribution in [2.24, 2.45) is 11.7 Å². The van der Waals surface area contributed by atoms with Crippen LogP contribution in [0.15, 0.2) is 0 Å². The molecule has 15 heavy (non-hydrogen) atoms. The molecule has 3 atom stereocenters. The van der Waals surface area contributed by atoms with Crippen molar-refractivity contribution in [2.45, 2.75) is 52.2 Å². The normalized spacial score (nSPS) is 16.9. The van der Waals surface area contributed by atoms with Crippen LogP contribution in [0.5, 0.6) is 0 Å². The van der Waals surface area contributed by atoms with E-state index in [1.54, 1.807) is 0 Å². The number of carbonyl (C=O) groups excluding carboxylic acids is 1. The molecule has 0 aliphatic rings. The first-order valence-corrected chi connectivity index (χ1v) is 5.74. The van der Waals surface area contributed by atoms with E-state index in [2.05, 4.69) is 5.32 Å². The number of nitrogens with two attached hydrogens (primary N) is 1. The number of nitrogens with one attached hydrogen (secondary N) is 1. The van der Waals surface area contributed by atoms with Crippen LogP contribution in [-0.4, -0.2) is 29.7 Å². The Morgan fingerprint density at radius 1 is 1.47 bits per heavy atom. The number of aliphatic hydroxyl groups excluding tert-OH is 1. The number of hydrogen-bond acceptors (Lipinski definition) is 3. The molecule has 0 radical (unpaired) electrons. The minimum absolute atomic E-state index is 0.167. The van der Waals surface area contributed by atoms with E-state index >= 15 is 0 Å². The van der Waals surface area contributed by atoms with E-state index in [1.165, 1.54) is 0 Å². The molecule has 0 heterocycles. The van der Waals surface area contributed by atoms with Gasteiger partial charge < -0.3 is 16.2 Å². The zero-order valence-electron chi connectivity index (χ0n) is 9.99. The van der Waals surface area contributed by atoms with Crippen LogP contribution in [0.3, 0.4) is 0 Å². The van der Waals surface area contributed by atoms with Crippen LogP contribution < -0.4 is 11.1 Å². The zero-order chi connectivity index (χ0) is 11.8. The maximum atomic E-state index is 11.5. The lowest BCUT2D eigenvalue weighted by Gasteiger charge is -2.19. The van der Waals surface area contributed by atoms with E-state index < -0.39 is 12.1 Å². The highest BCUT2D eigenvalue weighted by atomic mass is 16.3. The van der Waals surface area contributed by atoms with Crippen molar-refractivity contribution in [1.82, 2.24) is 5.32 Å². The highest BCUT2D eigenvalue weighted by Crippen LogP contribution is 2.05. The predicted molar refractivity (Wildman–Crippen MR) is 61.4 cm³/mol. The molecule has 4 heteroatoms. The van der Waals surface area contributed by atoms with Crippen molar-refractivity contribution in [1.29, 1.82) is 0 Å². The fourth-order valence-corrected chi connectivity index (χ4v) is 1.28. The van der Waals surface area contributed by atoms with E-state index in [1.807, 2.05) is 20.8 Å². The molecule has 0 aromatic carbocycles. The van der Waals surface area contributed by atoms with Gasteiger partial charge in [0.25, 0.3) is 0 Å². The molecule has 0 saturated heterocycles. The van der Waals surface area contributed by atoms with E-state index in [4.69, 9.17) is 5.73 Å². The third-order valence-corrected chi connectivity index (χ3v) is 2.69. The molecular formula is C11H24N2O2. The number of amides is 1. The van der Waals surface area contributed by atoms with Crippen LogP contribution in [0, 0.1) is 5.92 Å². The van der Waals surface area contributed by atoms with Gasteiger partial charge in [-0.15, -0.1) is 0 Å². The van der Waals surface area contributed by atoms with Crippen LogP contribution in [0.4, 0.5) is 0 Å². The number of rotatable bonds is 7.